The molecule has 0 aliphatic carbocycles. The number of ether oxygens (including phenoxy) is 1. The van der Waals surface area contributed by atoms with Crippen molar-refractivity contribution in [2.45, 2.75) is 11.4 Å². The first-order chi connectivity index (χ1) is 16.6. The van der Waals surface area contributed by atoms with Crippen LogP contribution in [-0.4, -0.2) is 43.6 Å². The van der Waals surface area contributed by atoms with Crippen molar-refractivity contribution in [3.05, 3.63) is 86.9 Å². The third-order valence-electron chi connectivity index (χ3n) is 4.74. The molecule has 35 heavy (non-hydrogen) atoms. The molecular weight excluding hydrogens is 537 g/mol. The standard InChI is InChI=1S/C23H20Cl3N3O5S/c1-34-22-10-15(2-9-21(22)30)12-27-28-23(31)14-29(13-16-3-4-18(25)11-20(16)26)35(32,33)19-7-5-17(24)6-8-19/h2-12,30H,13-14H2,1H3,(H,28,31)/b27-12-. The van der Waals surface area contributed by atoms with Crippen LogP contribution in [0.2, 0.25) is 15.1 Å². The maximum Gasteiger partial charge on any atom is 0.255 e. The number of carbonyl (C=O) groups excluding carboxylic acids is 1. The number of nitrogens with one attached hydrogen (secondary N) is 1. The molecular formula is C23H20Cl3N3O5S. The van der Waals surface area contributed by atoms with Gasteiger partial charge in [-0.3, -0.25) is 4.79 Å². The van der Waals surface area contributed by atoms with E-state index < -0.39 is 22.5 Å². The summed E-state index contributed by atoms with van der Waals surface area (Å²) in [6.07, 6.45) is 1.33. The predicted molar refractivity (Wildman–Crippen MR) is 136 cm³/mol. The summed E-state index contributed by atoms with van der Waals surface area (Å²) < 4.78 is 32.6. The van der Waals surface area contributed by atoms with Crippen LogP contribution in [0.25, 0.3) is 0 Å². The van der Waals surface area contributed by atoms with E-state index in [1.165, 1.54) is 55.8 Å². The molecule has 0 atom stereocenters. The molecule has 8 nitrogen and oxygen atoms in total. The Morgan fingerprint density at radius 3 is 2.40 bits per heavy atom. The second-order valence-corrected chi connectivity index (χ2v) is 10.4. The van der Waals surface area contributed by atoms with E-state index >= 15 is 0 Å². The highest BCUT2D eigenvalue weighted by atomic mass is 35.5. The summed E-state index contributed by atoms with van der Waals surface area (Å²) in [4.78, 5) is 12.6. The zero-order valence-corrected chi connectivity index (χ0v) is 21.4. The second kappa shape index (κ2) is 11.7. The van der Waals surface area contributed by atoms with E-state index in [1.54, 1.807) is 18.2 Å². The Morgan fingerprint density at radius 1 is 1.06 bits per heavy atom. The number of rotatable bonds is 9. The Balaban J connectivity index is 1.81. The minimum atomic E-state index is -4.10. The lowest BCUT2D eigenvalue weighted by Crippen LogP contribution is -2.39. The molecule has 1 amide bonds. The third kappa shape index (κ3) is 7.09. The summed E-state index contributed by atoms with van der Waals surface area (Å²) in [5.74, 6) is -0.493. The monoisotopic (exact) mass is 555 g/mol. The molecule has 0 radical (unpaired) electrons. The fraction of sp³-hybridized carbons (Fsp3) is 0.130. The minimum Gasteiger partial charge on any atom is -0.504 e. The van der Waals surface area contributed by atoms with E-state index in [2.05, 4.69) is 10.5 Å². The third-order valence-corrected chi connectivity index (χ3v) is 7.38. The van der Waals surface area contributed by atoms with Gasteiger partial charge in [-0.1, -0.05) is 40.9 Å². The Bertz CT molecular complexity index is 1350. The first-order valence-electron chi connectivity index (χ1n) is 9.98. The van der Waals surface area contributed by atoms with Gasteiger partial charge in [0.2, 0.25) is 10.0 Å². The molecule has 0 saturated heterocycles. The zero-order chi connectivity index (χ0) is 25.6. The SMILES string of the molecule is COc1cc(/C=N\NC(=O)CN(Cc2ccc(Cl)cc2Cl)S(=O)(=O)c2ccc(Cl)cc2)ccc1O. The molecule has 0 spiro atoms. The molecule has 3 rings (SSSR count). The molecule has 0 fully saturated rings. The van der Waals surface area contributed by atoms with E-state index in [1.807, 2.05) is 0 Å². The molecule has 0 aliphatic heterocycles. The predicted octanol–water partition coefficient (Wildman–Crippen LogP) is 4.70. The number of aromatic hydroxyl groups is 1. The number of halogens is 3. The van der Waals surface area contributed by atoms with Gasteiger partial charge in [0.1, 0.15) is 0 Å². The van der Waals surface area contributed by atoms with Crippen LogP contribution in [0.5, 0.6) is 11.5 Å². The minimum absolute atomic E-state index is 0.0422. The van der Waals surface area contributed by atoms with Crippen LogP contribution in [0.3, 0.4) is 0 Å². The Labute approximate surface area is 217 Å². The van der Waals surface area contributed by atoms with Gasteiger partial charge in [0, 0.05) is 21.6 Å². The van der Waals surface area contributed by atoms with Crippen LogP contribution >= 0.6 is 34.8 Å². The second-order valence-electron chi connectivity index (χ2n) is 7.19. The number of hydrogen-bond acceptors (Lipinski definition) is 6. The lowest BCUT2D eigenvalue weighted by molar-refractivity contribution is -0.121. The molecule has 184 valence electrons. The highest BCUT2D eigenvalue weighted by Gasteiger charge is 2.27. The molecule has 0 saturated carbocycles. The van der Waals surface area contributed by atoms with E-state index in [4.69, 9.17) is 39.5 Å². The number of benzene rings is 3. The number of nitrogens with zero attached hydrogens (tertiary/aromatic N) is 2. The Kier molecular flexibility index (Phi) is 8.98. The normalized spacial score (nSPS) is 11.7. The molecule has 0 bridgehead atoms. The molecule has 0 heterocycles. The molecule has 0 aromatic heterocycles. The van der Waals surface area contributed by atoms with Gasteiger partial charge < -0.3 is 9.84 Å². The fourth-order valence-electron chi connectivity index (χ4n) is 2.97. The smallest absolute Gasteiger partial charge is 0.255 e. The van der Waals surface area contributed by atoms with Crippen molar-refractivity contribution in [1.82, 2.24) is 9.73 Å². The number of hydrogen-bond donors (Lipinski definition) is 2. The largest absolute Gasteiger partial charge is 0.504 e. The van der Waals surface area contributed by atoms with Gasteiger partial charge in [0.05, 0.1) is 24.8 Å². The Morgan fingerprint density at radius 2 is 1.74 bits per heavy atom. The molecule has 3 aromatic rings. The highest BCUT2D eigenvalue weighted by Crippen LogP contribution is 2.26. The van der Waals surface area contributed by atoms with Gasteiger partial charge in [-0.05, 0) is 65.7 Å². The van der Waals surface area contributed by atoms with Crippen LogP contribution in [0, 0.1) is 0 Å². The van der Waals surface area contributed by atoms with Crippen molar-refractivity contribution in [3.8, 4) is 11.5 Å². The Hall–Kier alpha value is -2.82. The maximum atomic E-state index is 13.3. The van der Waals surface area contributed by atoms with E-state index in [9.17, 15) is 18.3 Å². The van der Waals surface area contributed by atoms with Crippen molar-refractivity contribution in [2.75, 3.05) is 13.7 Å². The number of amides is 1. The summed E-state index contributed by atoms with van der Waals surface area (Å²) in [5.41, 5.74) is 3.30. The average Bonchev–Trinajstić information content (AvgIpc) is 2.81. The lowest BCUT2D eigenvalue weighted by Gasteiger charge is -2.22. The van der Waals surface area contributed by atoms with Crippen LogP contribution in [0.1, 0.15) is 11.1 Å². The summed E-state index contributed by atoms with van der Waals surface area (Å²) in [5, 5.41) is 14.5. The number of hydrazone groups is 1. The van der Waals surface area contributed by atoms with Gasteiger partial charge in [-0.2, -0.15) is 9.41 Å². The van der Waals surface area contributed by atoms with Crippen molar-refractivity contribution in [1.29, 1.82) is 0 Å². The van der Waals surface area contributed by atoms with E-state index in [-0.39, 0.29) is 28.0 Å². The van der Waals surface area contributed by atoms with Crippen LogP contribution < -0.4 is 10.2 Å². The number of phenolic OH excluding ortho intramolecular Hbond substituents is 1. The lowest BCUT2D eigenvalue weighted by atomic mass is 10.2. The zero-order valence-electron chi connectivity index (χ0n) is 18.3. The van der Waals surface area contributed by atoms with Gasteiger partial charge in [0.25, 0.3) is 5.91 Å². The first-order valence-corrected chi connectivity index (χ1v) is 12.6. The van der Waals surface area contributed by atoms with Crippen LogP contribution in [0.15, 0.2) is 70.7 Å². The van der Waals surface area contributed by atoms with Crippen molar-refractivity contribution in [2.24, 2.45) is 5.10 Å². The molecule has 2 N–H and O–H groups in total. The molecule has 3 aromatic carbocycles. The molecule has 12 heteroatoms. The van der Waals surface area contributed by atoms with Gasteiger partial charge in [-0.15, -0.1) is 0 Å². The summed E-state index contributed by atoms with van der Waals surface area (Å²) in [6.45, 7) is -0.729. The first kappa shape index (κ1) is 26.8. The van der Waals surface area contributed by atoms with Crippen LogP contribution in [0.4, 0.5) is 0 Å². The van der Waals surface area contributed by atoms with Gasteiger partial charge in [-0.25, -0.2) is 13.8 Å². The van der Waals surface area contributed by atoms with E-state index in [0.29, 0.717) is 21.2 Å². The quantitative estimate of drug-likeness (QED) is 0.293. The number of phenols is 1. The van der Waals surface area contributed by atoms with Crippen molar-refractivity contribution < 1.29 is 23.1 Å². The summed E-state index contributed by atoms with van der Waals surface area (Å²) in [6, 6.07) is 14.7. The molecule has 0 aliphatic rings. The summed E-state index contributed by atoms with van der Waals surface area (Å²) in [7, 11) is -2.70. The van der Waals surface area contributed by atoms with Crippen molar-refractivity contribution >= 4 is 56.9 Å². The van der Waals surface area contributed by atoms with Crippen LogP contribution in [-0.2, 0) is 21.4 Å². The number of carbonyl (C=O) groups is 1. The highest BCUT2D eigenvalue weighted by molar-refractivity contribution is 7.89. The average molecular weight is 557 g/mol. The van der Waals surface area contributed by atoms with E-state index in [0.717, 1.165) is 4.31 Å². The topological polar surface area (TPSA) is 108 Å². The fourth-order valence-corrected chi connectivity index (χ4v) is 4.94. The maximum absolute atomic E-state index is 13.3. The number of sulfonamides is 1. The molecule has 0 unspecified atom stereocenters. The van der Waals surface area contributed by atoms with Crippen molar-refractivity contribution in [3.63, 3.8) is 0 Å². The summed E-state index contributed by atoms with van der Waals surface area (Å²) >= 11 is 18.1. The van der Waals surface area contributed by atoms with Gasteiger partial charge >= 0.3 is 0 Å². The van der Waals surface area contributed by atoms with Gasteiger partial charge in [0.15, 0.2) is 11.5 Å². The number of methoxy groups -OCH3 is 1.